The van der Waals surface area contributed by atoms with Crippen LogP contribution in [-0.2, 0) is 11.2 Å². The predicted octanol–water partition coefficient (Wildman–Crippen LogP) is 3.20. The Kier molecular flexibility index (Phi) is 6.71. The lowest BCUT2D eigenvalue weighted by Gasteiger charge is -2.28. The largest absolute Gasteiger partial charge is 0.497 e. The zero-order chi connectivity index (χ0) is 19.1. The number of rotatable bonds is 8. The van der Waals surface area contributed by atoms with Gasteiger partial charge in [-0.1, -0.05) is 30.3 Å². The summed E-state index contributed by atoms with van der Waals surface area (Å²) in [4.78, 5) is 15.0. The number of carbonyl (C=O) groups is 1. The van der Waals surface area contributed by atoms with E-state index in [0.29, 0.717) is 13.0 Å². The fourth-order valence-electron chi connectivity index (χ4n) is 3.63. The predicted molar refractivity (Wildman–Crippen MR) is 106 cm³/mol. The van der Waals surface area contributed by atoms with Crippen molar-refractivity contribution >= 4 is 5.91 Å². The molecule has 1 atom stereocenters. The molecule has 144 valence electrons. The molecule has 5 heteroatoms. The van der Waals surface area contributed by atoms with Crippen LogP contribution in [0.1, 0.15) is 30.0 Å². The number of carbonyl (C=O) groups excluding carboxylic acids is 1. The minimum Gasteiger partial charge on any atom is -0.497 e. The Balaban J connectivity index is 1.65. The summed E-state index contributed by atoms with van der Waals surface area (Å²) in [6.07, 6.45) is 2.74. The number of likely N-dealkylation sites (tertiary alicyclic amines) is 1. The summed E-state index contributed by atoms with van der Waals surface area (Å²) >= 11 is 0. The molecule has 3 rings (SSSR count). The maximum absolute atomic E-state index is 12.5. The Bertz CT molecular complexity index is 739. The molecule has 2 aromatic rings. The fraction of sp³-hybridized carbons (Fsp3) is 0.409. The lowest BCUT2D eigenvalue weighted by atomic mass is 10.0. The Morgan fingerprint density at radius 3 is 2.41 bits per heavy atom. The van der Waals surface area contributed by atoms with Gasteiger partial charge in [-0.2, -0.15) is 0 Å². The van der Waals surface area contributed by atoms with Crippen molar-refractivity contribution in [2.45, 2.75) is 25.3 Å². The van der Waals surface area contributed by atoms with Crippen molar-refractivity contribution in [3.63, 3.8) is 0 Å². The fourth-order valence-corrected chi connectivity index (χ4v) is 3.63. The molecule has 0 aromatic heterocycles. The van der Waals surface area contributed by atoms with E-state index in [1.54, 1.807) is 14.2 Å². The van der Waals surface area contributed by atoms with Gasteiger partial charge in [-0.25, -0.2) is 0 Å². The van der Waals surface area contributed by atoms with Crippen LogP contribution in [0.25, 0.3) is 0 Å². The number of hydrogen-bond donors (Lipinski definition) is 1. The van der Waals surface area contributed by atoms with Crippen molar-refractivity contribution in [1.29, 1.82) is 0 Å². The second kappa shape index (κ2) is 9.42. The monoisotopic (exact) mass is 368 g/mol. The molecule has 2 aromatic carbocycles. The minimum atomic E-state index is 0.0113. The van der Waals surface area contributed by atoms with Crippen molar-refractivity contribution in [3.8, 4) is 11.5 Å². The van der Waals surface area contributed by atoms with E-state index >= 15 is 0 Å². The third-order valence-electron chi connectivity index (χ3n) is 5.12. The zero-order valence-electron chi connectivity index (χ0n) is 16.1. The first-order valence-corrected chi connectivity index (χ1v) is 9.48. The first-order chi connectivity index (χ1) is 13.2. The normalized spacial score (nSPS) is 15.3. The molecule has 1 fully saturated rings. The standard InChI is InChI=1S/C22H28N2O3/c1-26-19-11-9-17(10-12-19)20(24-13-5-6-14-24)16-23-22(25)15-18-7-3-4-8-21(18)27-2/h3-4,7-12,20H,5-6,13-16H2,1-2H3,(H,23,25). The van der Waals surface area contributed by atoms with Crippen molar-refractivity contribution in [3.05, 3.63) is 59.7 Å². The topological polar surface area (TPSA) is 50.8 Å². The van der Waals surface area contributed by atoms with Gasteiger partial charge in [0, 0.05) is 12.1 Å². The second-order valence-electron chi connectivity index (χ2n) is 6.82. The quantitative estimate of drug-likeness (QED) is 0.777. The Labute approximate surface area is 161 Å². The van der Waals surface area contributed by atoms with Gasteiger partial charge in [-0.15, -0.1) is 0 Å². The molecule has 5 nitrogen and oxygen atoms in total. The number of methoxy groups -OCH3 is 2. The molecule has 1 amide bonds. The molecule has 0 saturated carbocycles. The number of ether oxygens (including phenoxy) is 2. The van der Waals surface area contributed by atoms with Crippen molar-refractivity contribution in [2.75, 3.05) is 33.9 Å². The van der Waals surface area contributed by atoms with Gasteiger partial charge in [-0.05, 0) is 49.7 Å². The van der Waals surface area contributed by atoms with E-state index in [-0.39, 0.29) is 11.9 Å². The molecule has 1 unspecified atom stereocenters. The molecule has 1 N–H and O–H groups in total. The zero-order valence-corrected chi connectivity index (χ0v) is 16.1. The van der Waals surface area contributed by atoms with Crippen LogP contribution >= 0.6 is 0 Å². The molecular formula is C22H28N2O3. The van der Waals surface area contributed by atoms with Gasteiger partial charge in [0.2, 0.25) is 5.91 Å². The van der Waals surface area contributed by atoms with Crippen LogP contribution in [-0.4, -0.2) is 44.7 Å². The number of nitrogens with one attached hydrogen (secondary N) is 1. The first-order valence-electron chi connectivity index (χ1n) is 9.48. The van der Waals surface area contributed by atoms with Gasteiger partial charge in [-0.3, -0.25) is 9.69 Å². The molecule has 0 radical (unpaired) electrons. The second-order valence-corrected chi connectivity index (χ2v) is 6.82. The molecule has 0 spiro atoms. The summed E-state index contributed by atoms with van der Waals surface area (Å²) in [6.45, 7) is 2.73. The Hall–Kier alpha value is -2.53. The Morgan fingerprint density at radius 1 is 1.04 bits per heavy atom. The minimum absolute atomic E-state index is 0.0113. The summed E-state index contributed by atoms with van der Waals surface area (Å²) in [5.41, 5.74) is 2.11. The molecular weight excluding hydrogens is 340 g/mol. The number of nitrogens with zero attached hydrogens (tertiary/aromatic N) is 1. The van der Waals surface area contributed by atoms with E-state index < -0.39 is 0 Å². The highest BCUT2D eigenvalue weighted by Crippen LogP contribution is 2.26. The lowest BCUT2D eigenvalue weighted by molar-refractivity contribution is -0.120. The molecule has 1 aliphatic rings. The van der Waals surface area contributed by atoms with Crippen LogP contribution < -0.4 is 14.8 Å². The summed E-state index contributed by atoms with van der Waals surface area (Å²) in [5, 5.41) is 3.12. The van der Waals surface area contributed by atoms with Crippen molar-refractivity contribution < 1.29 is 14.3 Å². The smallest absolute Gasteiger partial charge is 0.224 e. The lowest BCUT2D eigenvalue weighted by Crippen LogP contribution is -2.37. The Morgan fingerprint density at radius 2 is 1.74 bits per heavy atom. The summed E-state index contributed by atoms with van der Waals surface area (Å²) < 4.78 is 10.6. The van der Waals surface area contributed by atoms with Gasteiger partial charge in [0.15, 0.2) is 0 Å². The van der Waals surface area contributed by atoms with E-state index in [0.717, 1.165) is 30.2 Å². The van der Waals surface area contributed by atoms with Gasteiger partial charge in [0.1, 0.15) is 11.5 Å². The molecule has 1 saturated heterocycles. The highest BCUT2D eigenvalue weighted by atomic mass is 16.5. The van der Waals surface area contributed by atoms with Crippen molar-refractivity contribution in [1.82, 2.24) is 10.2 Å². The van der Waals surface area contributed by atoms with E-state index in [4.69, 9.17) is 9.47 Å². The molecule has 27 heavy (non-hydrogen) atoms. The number of amides is 1. The van der Waals surface area contributed by atoms with E-state index in [1.807, 2.05) is 36.4 Å². The SMILES string of the molecule is COc1ccc(C(CNC(=O)Cc2ccccc2OC)N2CCCC2)cc1. The van der Waals surface area contributed by atoms with E-state index in [1.165, 1.54) is 18.4 Å². The van der Waals surface area contributed by atoms with Gasteiger partial charge in [0.25, 0.3) is 0 Å². The van der Waals surface area contributed by atoms with E-state index in [2.05, 4.69) is 22.3 Å². The van der Waals surface area contributed by atoms with Gasteiger partial charge < -0.3 is 14.8 Å². The maximum atomic E-state index is 12.5. The van der Waals surface area contributed by atoms with Gasteiger partial charge >= 0.3 is 0 Å². The molecule has 1 heterocycles. The number of para-hydroxylation sites is 1. The highest BCUT2D eigenvalue weighted by molar-refractivity contribution is 5.79. The van der Waals surface area contributed by atoms with Crippen LogP contribution in [0.2, 0.25) is 0 Å². The van der Waals surface area contributed by atoms with Crippen LogP contribution in [0, 0.1) is 0 Å². The third kappa shape index (κ3) is 5.01. The number of hydrogen-bond acceptors (Lipinski definition) is 4. The first kappa shape index (κ1) is 19.2. The van der Waals surface area contributed by atoms with E-state index in [9.17, 15) is 4.79 Å². The van der Waals surface area contributed by atoms with Crippen LogP contribution in [0.15, 0.2) is 48.5 Å². The third-order valence-corrected chi connectivity index (χ3v) is 5.12. The molecule has 1 aliphatic heterocycles. The van der Waals surface area contributed by atoms with Crippen LogP contribution in [0.3, 0.4) is 0 Å². The average Bonchev–Trinajstić information content (AvgIpc) is 3.23. The van der Waals surface area contributed by atoms with Crippen LogP contribution in [0.5, 0.6) is 11.5 Å². The van der Waals surface area contributed by atoms with Gasteiger partial charge in [0.05, 0.1) is 26.7 Å². The van der Waals surface area contributed by atoms with Crippen LogP contribution in [0.4, 0.5) is 0 Å². The average molecular weight is 368 g/mol. The maximum Gasteiger partial charge on any atom is 0.224 e. The molecule has 0 bridgehead atoms. The highest BCUT2D eigenvalue weighted by Gasteiger charge is 2.24. The summed E-state index contributed by atoms with van der Waals surface area (Å²) in [5.74, 6) is 1.61. The molecule has 0 aliphatic carbocycles. The van der Waals surface area contributed by atoms with Crippen molar-refractivity contribution in [2.24, 2.45) is 0 Å². The number of benzene rings is 2. The summed E-state index contributed by atoms with van der Waals surface area (Å²) in [7, 11) is 3.30. The summed E-state index contributed by atoms with van der Waals surface area (Å²) in [6, 6.07) is 16.0.